The van der Waals surface area contributed by atoms with Gasteiger partial charge in [0.25, 0.3) is 5.91 Å². The Morgan fingerprint density at radius 1 is 1.01 bits per heavy atom. The van der Waals surface area contributed by atoms with Gasteiger partial charge >= 0.3 is 5.97 Å². The van der Waals surface area contributed by atoms with E-state index < -0.39 is 29.5 Å². The maximum atomic E-state index is 14.8. The number of carbonyl (C=O) groups excluding carboxylic acids is 4. The first kappa shape index (κ1) is 48.0. The molecule has 4 aliphatic heterocycles. The number of aryl methyl sites for hydroxylation is 1. The molecular formula is C54H70N6O7. The first-order valence-corrected chi connectivity index (χ1v) is 24.4. The molecule has 4 aromatic rings. The second kappa shape index (κ2) is 20.0. The Bertz CT molecular complexity index is 2510. The van der Waals surface area contributed by atoms with E-state index in [0.29, 0.717) is 57.6 Å². The number of aromatic hydroxyl groups is 1. The molecule has 67 heavy (non-hydrogen) atoms. The number of aromatic nitrogens is 1. The monoisotopic (exact) mass is 915 g/mol. The number of esters is 1. The Balaban J connectivity index is 1.19. The Morgan fingerprint density at radius 3 is 2.58 bits per heavy atom. The van der Waals surface area contributed by atoms with Gasteiger partial charge in [-0.1, -0.05) is 70.7 Å². The zero-order chi connectivity index (χ0) is 47.6. The SMILES string of the molecule is C=CC(=O)N1CC[C@]2(CCCN([C@H](C(=O)N[C@H]3Cc4cc(O)cc(c4)-c4ccc5c(c4)c(c(-c4ccccc4CCOC)n5CC)CC(C)(C)COC(=O)[C@@H]4CCCN(N4)C3=O)C(C)C)C2)C1. The van der Waals surface area contributed by atoms with Crippen molar-refractivity contribution in [3.63, 3.8) is 0 Å². The van der Waals surface area contributed by atoms with Crippen LogP contribution >= 0.6 is 0 Å². The zero-order valence-corrected chi connectivity index (χ0v) is 40.4. The van der Waals surface area contributed by atoms with Gasteiger partial charge in [0.15, 0.2) is 0 Å². The molecule has 13 nitrogen and oxygen atoms in total. The van der Waals surface area contributed by atoms with E-state index in [9.17, 15) is 24.3 Å². The summed E-state index contributed by atoms with van der Waals surface area (Å²) in [6.45, 7) is 18.7. The van der Waals surface area contributed by atoms with Crippen LogP contribution in [0.2, 0.25) is 0 Å². The molecule has 3 N–H and O–H groups in total. The molecule has 13 heteroatoms. The number of ether oxygens (including phenoxy) is 2. The summed E-state index contributed by atoms with van der Waals surface area (Å²) in [5, 5.41) is 17.2. The number of phenolic OH excluding ortho intramolecular Hbond substituents is 1. The number of hydrogen-bond donors (Lipinski definition) is 3. The van der Waals surface area contributed by atoms with Crippen molar-refractivity contribution in [3.05, 3.63) is 90.0 Å². The Kier molecular flexibility index (Phi) is 14.3. The van der Waals surface area contributed by atoms with Crippen LogP contribution in [0.25, 0.3) is 33.3 Å². The van der Waals surface area contributed by atoms with Crippen LogP contribution in [-0.2, 0) is 54.5 Å². The first-order valence-electron chi connectivity index (χ1n) is 24.4. The van der Waals surface area contributed by atoms with Crippen LogP contribution in [0, 0.1) is 16.7 Å². The van der Waals surface area contributed by atoms with E-state index in [1.807, 2.05) is 24.8 Å². The van der Waals surface area contributed by atoms with E-state index in [1.165, 1.54) is 16.6 Å². The average molecular weight is 915 g/mol. The molecule has 5 heterocycles. The summed E-state index contributed by atoms with van der Waals surface area (Å²) in [6, 6.07) is 18.0. The van der Waals surface area contributed by atoms with Gasteiger partial charge < -0.3 is 29.4 Å². The Labute approximate surface area is 395 Å². The second-order valence-electron chi connectivity index (χ2n) is 20.6. The van der Waals surface area contributed by atoms with Gasteiger partial charge in [-0.15, -0.1) is 0 Å². The molecule has 1 aromatic heterocycles. The number of phenols is 1. The third-order valence-electron chi connectivity index (χ3n) is 14.6. The number of amides is 3. The molecule has 3 fully saturated rings. The maximum Gasteiger partial charge on any atom is 0.324 e. The highest BCUT2D eigenvalue weighted by molar-refractivity contribution is 5.96. The van der Waals surface area contributed by atoms with Crippen LogP contribution in [0.1, 0.15) is 83.4 Å². The van der Waals surface area contributed by atoms with Gasteiger partial charge in [-0.25, -0.2) is 5.43 Å². The number of fused-ring (bicyclic) bond motifs is 6. The minimum Gasteiger partial charge on any atom is -0.508 e. The number of likely N-dealkylation sites (tertiary alicyclic amines) is 2. The molecule has 0 radical (unpaired) electrons. The molecular weight excluding hydrogens is 845 g/mol. The van der Waals surface area contributed by atoms with Gasteiger partial charge in [-0.05, 0) is 122 Å². The lowest BCUT2D eigenvalue weighted by atomic mass is 9.78. The van der Waals surface area contributed by atoms with Crippen molar-refractivity contribution in [2.75, 3.05) is 53.0 Å². The molecule has 8 rings (SSSR count). The van der Waals surface area contributed by atoms with Crippen LogP contribution in [0.3, 0.4) is 0 Å². The lowest BCUT2D eigenvalue weighted by Crippen LogP contribution is -2.62. The number of carbonyl (C=O) groups is 4. The van der Waals surface area contributed by atoms with E-state index in [2.05, 4.69) is 90.0 Å². The van der Waals surface area contributed by atoms with Crippen molar-refractivity contribution < 1.29 is 33.8 Å². The van der Waals surface area contributed by atoms with Gasteiger partial charge in [0, 0.05) is 73.6 Å². The fraction of sp³-hybridized carbons (Fsp3) is 0.519. The summed E-state index contributed by atoms with van der Waals surface area (Å²) in [6.07, 6.45) is 6.63. The highest BCUT2D eigenvalue weighted by Gasteiger charge is 2.46. The topological polar surface area (TPSA) is 146 Å². The zero-order valence-electron chi connectivity index (χ0n) is 40.4. The lowest BCUT2D eigenvalue weighted by molar-refractivity contribution is -0.155. The standard InChI is InChI=1S/C54H70N6O7/c1-8-47(62)57-24-21-54(32-57)20-13-22-58(33-54)48(35(3)4)50(63)55-45-28-36-26-39(29-40(61)27-36)38-17-18-46-42(30-38)43(49(59(46)9-2)41-15-11-10-14-37(41)19-25-66-7)31-53(5,6)34-67-52(65)44-16-12-23-60(56-44)51(45)64/h8,10-11,14-15,17-18,26-27,29-30,35,44-45,48,56,61H,1,9,12-13,16,19-25,28,31-34H2,2-7H3,(H,55,63)/t44-,45-,48-,54+/m0/s1. The number of piperidine rings is 1. The van der Waals surface area contributed by atoms with Gasteiger partial charge in [0.05, 0.1) is 24.9 Å². The fourth-order valence-corrected chi connectivity index (χ4v) is 11.4. The Morgan fingerprint density at radius 2 is 1.82 bits per heavy atom. The molecule has 6 bridgehead atoms. The largest absolute Gasteiger partial charge is 0.508 e. The number of benzene rings is 3. The van der Waals surface area contributed by atoms with Gasteiger partial charge in [-0.3, -0.25) is 29.1 Å². The van der Waals surface area contributed by atoms with Crippen LogP contribution in [0.5, 0.6) is 5.75 Å². The smallest absolute Gasteiger partial charge is 0.324 e. The maximum absolute atomic E-state index is 14.8. The van der Waals surface area contributed by atoms with Gasteiger partial charge in [0.1, 0.15) is 17.8 Å². The molecule has 4 aliphatic rings. The second-order valence-corrected chi connectivity index (χ2v) is 20.6. The molecule has 3 amide bonds. The third kappa shape index (κ3) is 10.2. The van der Waals surface area contributed by atoms with E-state index >= 15 is 0 Å². The number of hydrogen-bond acceptors (Lipinski definition) is 9. The van der Waals surface area contributed by atoms with E-state index in [0.717, 1.165) is 77.6 Å². The van der Waals surface area contributed by atoms with E-state index in [1.54, 1.807) is 19.2 Å². The van der Waals surface area contributed by atoms with E-state index in [-0.39, 0.29) is 47.8 Å². The third-order valence-corrected chi connectivity index (χ3v) is 14.6. The summed E-state index contributed by atoms with van der Waals surface area (Å²) in [5.74, 6) is -1.14. The van der Waals surface area contributed by atoms with Crippen molar-refractivity contribution >= 4 is 34.6 Å². The molecule has 4 atom stereocenters. The van der Waals surface area contributed by atoms with Crippen LogP contribution in [0.4, 0.5) is 0 Å². The molecule has 0 unspecified atom stereocenters. The van der Waals surface area contributed by atoms with Crippen LogP contribution in [-0.4, -0.2) is 119 Å². The molecule has 0 aliphatic carbocycles. The van der Waals surface area contributed by atoms with Crippen molar-refractivity contribution in [1.29, 1.82) is 0 Å². The number of methoxy groups -OCH3 is 1. The normalized spacial score (nSPS) is 23.0. The number of hydrazine groups is 1. The summed E-state index contributed by atoms with van der Waals surface area (Å²) >= 11 is 0. The molecule has 3 saturated heterocycles. The summed E-state index contributed by atoms with van der Waals surface area (Å²) in [4.78, 5) is 60.4. The van der Waals surface area contributed by atoms with E-state index in [4.69, 9.17) is 9.47 Å². The van der Waals surface area contributed by atoms with Crippen LogP contribution < -0.4 is 10.7 Å². The predicted molar refractivity (Wildman–Crippen MR) is 261 cm³/mol. The molecule has 358 valence electrons. The highest BCUT2D eigenvalue weighted by atomic mass is 16.5. The quantitative estimate of drug-likeness (QED) is 0.113. The molecule has 0 saturated carbocycles. The van der Waals surface area contributed by atoms with Crippen molar-refractivity contribution in [2.45, 2.75) is 111 Å². The van der Waals surface area contributed by atoms with Crippen molar-refractivity contribution in [3.8, 4) is 28.1 Å². The molecule has 3 aromatic carbocycles. The fourth-order valence-electron chi connectivity index (χ4n) is 11.4. The van der Waals surface area contributed by atoms with Gasteiger partial charge in [0.2, 0.25) is 11.8 Å². The summed E-state index contributed by atoms with van der Waals surface area (Å²) < 4.78 is 14.1. The predicted octanol–water partition coefficient (Wildman–Crippen LogP) is 7.06. The average Bonchev–Trinajstić information content (AvgIpc) is 3.86. The number of nitrogens with one attached hydrogen (secondary N) is 2. The number of cyclic esters (lactones) is 1. The highest BCUT2D eigenvalue weighted by Crippen LogP contribution is 2.43. The minimum atomic E-state index is -1.03. The summed E-state index contributed by atoms with van der Waals surface area (Å²) in [5.41, 5.74) is 10.6. The Hall–Kier alpha value is -5.50. The van der Waals surface area contributed by atoms with Gasteiger partial charge in [-0.2, -0.15) is 0 Å². The minimum absolute atomic E-state index is 0.0536. The van der Waals surface area contributed by atoms with Crippen molar-refractivity contribution in [2.24, 2.45) is 16.7 Å². The van der Waals surface area contributed by atoms with Crippen LogP contribution in [0.15, 0.2) is 73.3 Å². The summed E-state index contributed by atoms with van der Waals surface area (Å²) in [7, 11) is 1.72. The first-order chi connectivity index (χ1) is 32.1. The number of rotatable bonds is 10. The van der Waals surface area contributed by atoms with Crippen molar-refractivity contribution in [1.82, 2.24) is 30.1 Å². The lowest BCUT2D eigenvalue weighted by Gasteiger charge is -2.44. The number of nitrogens with zero attached hydrogens (tertiary/aromatic N) is 4. The molecule has 1 spiro atoms.